The molecule has 0 radical (unpaired) electrons. The van der Waals surface area contributed by atoms with E-state index in [9.17, 15) is 19.2 Å². The van der Waals surface area contributed by atoms with Gasteiger partial charge in [-0.25, -0.2) is 0 Å². The van der Waals surface area contributed by atoms with Gasteiger partial charge in [-0.05, 0) is 18.8 Å². The Balaban J connectivity index is 4.77. The number of primary amides is 1. The SMILES string of the molecule is CCC(=O)CC[C@@H](NC(=O)[C@H](CC(C)C)NC(C)=O)C(N)=O. The highest BCUT2D eigenvalue weighted by atomic mass is 16.2. The molecule has 2 atom stereocenters. The molecule has 0 heterocycles. The van der Waals surface area contributed by atoms with Gasteiger partial charge in [0, 0.05) is 19.8 Å². The van der Waals surface area contributed by atoms with Crippen LogP contribution in [-0.2, 0) is 19.2 Å². The van der Waals surface area contributed by atoms with Gasteiger partial charge in [0.15, 0.2) is 0 Å². The Morgan fingerprint density at radius 1 is 1.05 bits per heavy atom. The highest BCUT2D eigenvalue weighted by molar-refractivity contribution is 5.91. The number of hydrogen-bond acceptors (Lipinski definition) is 4. The molecule has 3 amide bonds. The third-order valence-electron chi connectivity index (χ3n) is 3.17. The molecule has 0 aliphatic carbocycles. The number of rotatable bonds is 10. The lowest BCUT2D eigenvalue weighted by Crippen LogP contribution is -2.53. The minimum atomic E-state index is -0.911. The Morgan fingerprint density at radius 2 is 1.64 bits per heavy atom. The molecule has 0 aromatic rings. The van der Waals surface area contributed by atoms with Gasteiger partial charge in [0.1, 0.15) is 17.9 Å². The van der Waals surface area contributed by atoms with E-state index in [1.54, 1.807) is 6.92 Å². The summed E-state index contributed by atoms with van der Waals surface area (Å²) in [6.07, 6.45) is 1.17. The Morgan fingerprint density at radius 3 is 2.05 bits per heavy atom. The molecule has 0 saturated carbocycles. The van der Waals surface area contributed by atoms with Gasteiger partial charge in [0.05, 0.1) is 0 Å². The minimum absolute atomic E-state index is 0.00101. The smallest absolute Gasteiger partial charge is 0.243 e. The van der Waals surface area contributed by atoms with E-state index in [1.807, 2.05) is 13.8 Å². The Bertz CT molecular complexity index is 421. The number of carbonyl (C=O) groups is 4. The lowest BCUT2D eigenvalue weighted by Gasteiger charge is -2.22. The van der Waals surface area contributed by atoms with Crippen LogP contribution in [0.25, 0.3) is 0 Å². The first-order chi connectivity index (χ1) is 10.2. The summed E-state index contributed by atoms with van der Waals surface area (Å²) in [4.78, 5) is 46.2. The largest absolute Gasteiger partial charge is 0.368 e. The summed E-state index contributed by atoms with van der Waals surface area (Å²) in [6.45, 7) is 6.91. The van der Waals surface area contributed by atoms with E-state index in [0.29, 0.717) is 12.8 Å². The van der Waals surface area contributed by atoms with Crippen molar-refractivity contribution in [1.29, 1.82) is 0 Å². The highest BCUT2D eigenvalue weighted by Crippen LogP contribution is 2.07. The van der Waals surface area contributed by atoms with Crippen molar-refractivity contribution in [2.24, 2.45) is 11.7 Å². The van der Waals surface area contributed by atoms with Gasteiger partial charge in [-0.3, -0.25) is 19.2 Å². The molecule has 22 heavy (non-hydrogen) atoms. The summed E-state index contributed by atoms with van der Waals surface area (Å²) in [5.74, 6) is -1.28. The lowest BCUT2D eigenvalue weighted by atomic mass is 10.0. The van der Waals surface area contributed by atoms with Crippen molar-refractivity contribution in [3.63, 3.8) is 0 Å². The lowest BCUT2D eigenvalue weighted by molar-refractivity contribution is -0.131. The Labute approximate surface area is 131 Å². The van der Waals surface area contributed by atoms with Crippen LogP contribution in [0.3, 0.4) is 0 Å². The maximum atomic E-state index is 12.2. The topological polar surface area (TPSA) is 118 Å². The van der Waals surface area contributed by atoms with Gasteiger partial charge in [0.2, 0.25) is 17.7 Å². The normalized spacial score (nSPS) is 13.3. The van der Waals surface area contributed by atoms with Crippen LogP contribution >= 0.6 is 0 Å². The standard InChI is InChI=1S/C15H27N3O4/c1-5-11(20)6-7-12(14(16)21)18-15(22)13(8-9(2)3)17-10(4)19/h9,12-13H,5-8H2,1-4H3,(H2,16,21)(H,17,19)(H,18,22)/t12-,13+/m1/s1. The average molecular weight is 313 g/mol. The summed E-state index contributed by atoms with van der Waals surface area (Å²) in [7, 11) is 0. The van der Waals surface area contributed by atoms with E-state index in [2.05, 4.69) is 10.6 Å². The van der Waals surface area contributed by atoms with Gasteiger partial charge < -0.3 is 16.4 Å². The Kier molecular flexibility index (Phi) is 9.05. The highest BCUT2D eigenvalue weighted by Gasteiger charge is 2.25. The molecule has 0 aliphatic heterocycles. The molecule has 0 aliphatic rings. The predicted molar refractivity (Wildman–Crippen MR) is 82.7 cm³/mol. The van der Waals surface area contributed by atoms with Gasteiger partial charge in [-0.1, -0.05) is 20.8 Å². The zero-order valence-electron chi connectivity index (χ0n) is 13.8. The molecule has 0 rings (SSSR count). The van der Waals surface area contributed by atoms with Crippen LogP contribution in [0.4, 0.5) is 0 Å². The number of amides is 3. The van der Waals surface area contributed by atoms with Gasteiger partial charge >= 0.3 is 0 Å². The first kappa shape index (κ1) is 20.1. The number of nitrogens with one attached hydrogen (secondary N) is 2. The van der Waals surface area contributed by atoms with Crippen LogP contribution in [0.2, 0.25) is 0 Å². The van der Waals surface area contributed by atoms with Gasteiger partial charge in [-0.2, -0.15) is 0 Å². The predicted octanol–water partition coefficient (Wildman–Crippen LogP) is 0.267. The summed E-state index contributed by atoms with van der Waals surface area (Å²) in [5.41, 5.74) is 5.26. The molecular weight excluding hydrogens is 286 g/mol. The van der Waals surface area contributed by atoms with Gasteiger partial charge in [0.25, 0.3) is 0 Å². The van der Waals surface area contributed by atoms with Crippen LogP contribution in [0.1, 0.15) is 53.4 Å². The first-order valence-corrected chi connectivity index (χ1v) is 7.55. The van der Waals surface area contributed by atoms with Crippen LogP contribution in [-0.4, -0.2) is 35.6 Å². The van der Waals surface area contributed by atoms with Crippen molar-refractivity contribution >= 4 is 23.5 Å². The zero-order valence-corrected chi connectivity index (χ0v) is 13.8. The minimum Gasteiger partial charge on any atom is -0.368 e. The second-order valence-corrected chi connectivity index (χ2v) is 5.78. The molecular formula is C15H27N3O4. The molecule has 0 bridgehead atoms. The van der Waals surface area contributed by atoms with Crippen molar-refractivity contribution < 1.29 is 19.2 Å². The maximum Gasteiger partial charge on any atom is 0.243 e. The molecule has 0 unspecified atom stereocenters. The van der Waals surface area contributed by atoms with E-state index in [0.717, 1.165) is 0 Å². The summed E-state index contributed by atoms with van der Waals surface area (Å²) < 4.78 is 0. The van der Waals surface area contributed by atoms with Crippen LogP contribution < -0.4 is 16.4 Å². The number of ketones is 1. The number of hydrogen-bond donors (Lipinski definition) is 3. The fourth-order valence-electron chi connectivity index (χ4n) is 1.99. The third kappa shape index (κ3) is 8.39. The molecule has 0 fully saturated rings. The molecule has 0 aromatic heterocycles. The number of nitrogens with two attached hydrogens (primary N) is 1. The third-order valence-corrected chi connectivity index (χ3v) is 3.17. The number of Topliss-reactive ketones (excluding diaryl/α,β-unsaturated/α-hetero) is 1. The molecule has 0 saturated heterocycles. The van der Waals surface area contributed by atoms with E-state index < -0.39 is 23.9 Å². The monoisotopic (exact) mass is 313 g/mol. The molecule has 7 heteroatoms. The van der Waals surface area contributed by atoms with E-state index in [1.165, 1.54) is 6.92 Å². The molecule has 0 spiro atoms. The van der Waals surface area contributed by atoms with E-state index in [4.69, 9.17) is 5.73 Å². The summed E-state index contributed by atoms with van der Waals surface area (Å²) in [5, 5.41) is 5.09. The van der Waals surface area contributed by atoms with Gasteiger partial charge in [-0.15, -0.1) is 0 Å². The summed E-state index contributed by atoms with van der Waals surface area (Å²) in [6, 6.07) is -1.63. The van der Waals surface area contributed by atoms with Crippen LogP contribution in [0.5, 0.6) is 0 Å². The fraction of sp³-hybridized carbons (Fsp3) is 0.733. The quantitative estimate of drug-likeness (QED) is 0.536. The van der Waals surface area contributed by atoms with Crippen molar-refractivity contribution in [3.8, 4) is 0 Å². The van der Waals surface area contributed by atoms with Crippen LogP contribution in [0, 0.1) is 5.92 Å². The molecule has 126 valence electrons. The Hall–Kier alpha value is -1.92. The van der Waals surface area contributed by atoms with Crippen molar-refractivity contribution in [2.45, 2.75) is 65.5 Å². The van der Waals surface area contributed by atoms with Crippen molar-refractivity contribution in [1.82, 2.24) is 10.6 Å². The zero-order chi connectivity index (χ0) is 17.3. The maximum absolute atomic E-state index is 12.2. The molecule has 4 N–H and O–H groups in total. The molecule has 0 aromatic carbocycles. The second kappa shape index (κ2) is 9.92. The van der Waals surface area contributed by atoms with E-state index in [-0.39, 0.29) is 30.4 Å². The number of carbonyl (C=O) groups excluding carboxylic acids is 4. The van der Waals surface area contributed by atoms with E-state index >= 15 is 0 Å². The fourth-order valence-corrected chi connectivity index (χ4v) is 1.99. The van der Waals surface area contributed by atoms with Crippen molar-refractivity contribution in [3.05, 3.63) is 0 Å². The average Bonchev–Trinajstić information content (AvgIpc) is 2.40. The van der Waals surface area contributed by atoms with Crippen molar-refractivity contribution in [2.75, 3.05) is 0 Å². The summed E-state index contributed by atoms with van der Waals surface area (Å²) >= 11 is 0. The molecule has 7 nitrogen and oxygen atoms in total. The van der Waals surface area contributed by atoms with Crippen LogP contribution in [0.15, 0.2) is 0 Å². The first-order valence-electron chi connectivity index (χ1n) is 7.55. The second-order valence-electron chi connectivity index (χ2n) is 5.78.